The first kappa shape index (κ1) is 16.5. The van der Waals surface area contributed by atoms with Crippen LogP contribution in [0.1, 0.15) is 44.1 Å². The average Bonchev–Trinajstić information content (AvgIpc) is 3.17. The molecule has 0 bridgehead atoms. The van der Waals surface area contributed by atoms with Gasteiger partial charge in [0.05, 0.1) is 11.3 Å². The van der Waals surface area contributed by atoms with E-state index in [9.17, 15) is 13.2 Å². The number of nitrogens with zero attached hydrogens (tertiary/aromatic N) is 1. The summed E-state index contributed by atoms with van der Waals surface area (Å²) in [6.07, 6.45) is 7.62. The van der Waals surface area contributed by atoms with Gasteiger partial charge in [-0.3, -0.25) is 4.79 Å². The Morgan fingerprint density at radius 1 is 1.09 bits per heavy atom. The molecule has 0 spiro atoms. The Morgan fingerprint density at radius 3 is 2.35 bits per heavy atom. The Hall–Kier alpha value is -1.40. The molecule has 2 aliphatic rings. The molecular weight excluding hydrogens is 312 g/mol. The van der Waals surface area contributed by atoms with Crippen LogP contribution in [0.3, 0.4) is 0 Å². The largest absolute Gasteiger partial charge is 0.339 e. The third-order valence-corrected chi connectivity index (χ3v) is 6.10. The number of hydrogen-bond acceptors (Lipinski definition) is 3. The van der Waals surface area contributed by atoms with Gasteiger partial charge in [0, 0.05) is 12.6 Å². The van der Waals surface area contributed by atoms with Crippen molar-refractivity contribution in [2.75, 3.05) is 6.54 Å². The lowest BCUT2D eigenvalue weighted by atomic mass is 9.95. The Bertz CT molecular complexity index is 664. The predicted molar refractivity (Wildman–Crippen MR) is 88.2 cm³/mol. The lowest BCUT2D eigenvalue weighted by Gasteiger charge is -2.29. The summed E-state index contributed by atoms with van der Waals surface area (Å²) in [7, 11) is -3.68. The smallest absolute Gasteiger partial charge is 0.238 e. The van der Waals surface area contributed by atoms with Crippen molar-refractivity contribution in [3.63, 3.8) is 0 Å². The zero-order valence-electron chi connectivity index (χ0n) is 13.3. The predicted octanol–water partition coefficient (Wildman–Crippen LogP) is 2.06. The van der Waals surface area contributed by atoms with E-state index in [1.165, 1.54) is 37.8 Å². The fourth-order valence-electron chi connectivity index (χ4n) is 4.01. The van der Waals surface area contributed by atoms with Gasteiger partial charge in [-0.15, -0.1) is 0 Å². The number of likely N-dealkylation sites (tertiary alicyclic amines) is 1. The molecular formula is C17H24N2O3S. The van der Waals surface area contributed by atoms with Crippen LogP contribution in [0.2, 0.25) is 0 Å². The zero-order chi connectivity index (χ0) is 16.4. The summed E-state index contributed by atoms with van der Waals surface area (Å²) in [5, 5.41) is 5.09. The van der Waals surface area contributed by atoms with Crippen molar-refractivity contribution in [2.24, 2.45) is 11.1 Å². The van der Waals surface area contributed by atoms with E-state index >= 15 is 0 Å². The average molecular weight is 336 g/mol. The molecule has 0 unspecified atom stereocenters. The van der Waals surface area contributed by atoms with E-state index in [0.29, 0.717) is 18.4 Å². The molecule has 1 aromatic rings. The number of hydrogen-bond donors (Lipinski definition) is 1. The van der Waals surface area contributed by atoms with Gasteiger partial charge >= 0.3 is 0 Å². The van der Waals surface area contributed by atoms with Gasteiger partial charge in [0.25, 0.3) is 0 Å². The molecule has 1 atom stereocenters. The first-order chi connectivity index (χ1) is 10.9. The van der Waals surface area contributed by atoms with Crippen LogP contribution in [0.15, 0.2) is 29.2 Å². The Labute approximate surface area is 137 Å². The van der Waals surface area contributed by atoms with Crippen LogP contribution in [0.4, 0.5) is 0 Å². The molecule has 6 heteroatoms. The molecule has 5 nitrogen and oxygen atoms in total. The van der Waals surface area contributed by atoms with Crippen molar-refractivity contribution >= 4 is 15.9 Å². The highest BCUT2D eigenvalue weighted by Crippen LogP contribution is 2.35. The second-order valence-electron chi connectivity index (χ2n) is 6.71. The highest BCUT2D eigenvalue weighted by atomic mass is 32.2. The SMILES string of the molecule is NS(=O)(=O)c1ccc(CC(=O)N2CCC[C@@H]2C2CCCC2)cc1. The number of benzene rings is 1. The molecule has 1 saturated carbocycles. The van der Waals surface area contributed by atoms with Crippen LogP contribution in [0, 0.1) is 5.92 Å². The van der Waals surface area contributed by atoms with E-state index in [-0.39, 0.29) is 10.8 Å². The van der Waals surface area contributed by atoms with Crippen molar-refractivity contribution in [2.45, 2.75) is 55.9 Å². The second-order valence-corrected chi connectivity index (χ2v) is 8.27. The fourth-order valence-corrected chi connectivity index (χ4v) is 4.52. The van der Waals surface area contributed by atoms with Crippen molar-refractivity contribution in [3.05, 3.63) is 29.8 Å². The van der Waals surface area contributed by atoms with Crippen molar-refractivity contribution in [1.82, 2.24) is 4.90 Å². The lowest BCUT2D eigenvalue weighted by molar-refractivity contribution is -0.132. The Morgan fingerprint density at radius 2 is 1.74 bits per heavy atom. The number of carbonyl (C=O) groups excluding carboxylic acids is 1. The molecule has 0 radical (unpaired) electrons. The van der Waals surface area contributed by atoms with Gasteiger partial charge in [0.2, 0.25) is 15.9 Å². The van der Waals surface area contributed by atoms with Gasteiger partial charge in [-0.25, -0.2) is 13.6 Å². The quantitative estimate of drug-likeness (QED) is 0.914. The molecule has 1 aromatic carbocycles. The van der Waals surface area contributed by atoms with E-state index in [2.05, 4.69) is 4.90 Å². The summed E-state index contributed by atoms with van der Waals surface area (Å²) in [4.78, 5) is 14.8. The maximum Gasteiger partial charge on any atom is 0.238 e. The van der Waals surface area contributed by atoms with E-state index in [1.54, 1.807) is 12.1 Å². The lowest BCUT2D eigenvalue weighted by Crippen LogP contribution is -2.40. The summed E-state index contributed by atoms with van der Waals surface area (Å²) in [5.74, 6) is 0.828. The summed E-state index contributed by atoms with van der Waals surface area (Å²) < 4.78 is 22.5. The number of carbonyl (C=O) groups is 1. The van der Waals surface area contributed by atoms with Crippen LogP contribution < -0.4 is 5.14 Å². The first-order valence-corrected chi connectivity index (χ1v) is 9.91. The van der Waals surface area contributed by atoms with Gasteiger partial charge < -0.3 is 4.90 Å². The standard InChI is InChI=1S/C17H24N2O3S/c18-23(21,22)15-9-7-13(8-10-15)12-17(20)19-11-3-6-16(19)14-4-1-2-5-14/h7-10,14,16H,1-6,11-12H2,(H2,18,21,22)/t16-/m1/s1. The minimum absolute atomic E-state index is 0.0821. The first-order valence-electron chi connectivity index (χ1n) is 8.36. The molecule has 1 heterocycles. The molecule has 1 saturated heterocycles. The molecule has 1 aliphatic heterocycles. The molecule has 3 rings (SSSR count). The second kappa shape index (κ2) is 6.61. The van der Waals surface area contributed by atoms with Crippen LogP contribution in [-0.4, -0.2) is 31.8 Å². The van der Waals surface area contributed by atoms with E-state index in [1.807, 2.05) is 0 Å². The van der Waals surface area contributed by atoms with Crippen LogP contribution in [-0.2, 0) is 21.2 Å². The molecule has 23 heavy (non-hydrogen) atoms. The third kappa shape index (κ3) is 3.75. The molecule has 1 amide bonds. The van der Waals surface area contributed by atoms with E-state index < -0.39 is 10.0 Å². The number of sulfonamides is 1. The zero-order valence-corrected chi connectivity index (χ0v) is 14.1. The number of primary sulfonamides is 1. The number of amides is 1. The number of rotatable bonds is 4. The normalized spacial score (nSPS) is 22.7. The maximum atomic E-state index is 12.6. The van der Waals surface area contributed by atoms with Crippen molar-refractivity contribution < 1.29 is 13.2 Å². The highest BCUT2D eigenvalue weighted by molar-refractivity contribution is 7.89. The molecule has 1 aliphatic carbocycles. The van der Waals surface area contributed by atoms with Crippen molar-refractivity contribution in [1.29, 1.82) is 0 Å². The fraction of sp³-hybridized carbons (Fsp3) is 0.588. The summed E-state index contributed by atoms with van der Waals surface area (Å²) >= 11 is 0. The monoisotopic (exact) mass is 336 g/mol. The topological polar surface area (TPSA) is 80.5 Å². The molecule has 126 valence electrons. The van der Waals surface area contributed by atoms with E-state index in [0.717, 1.165) is 24.9 Å². The molecule has 2 fully saturated rings. The van der Waals surface area contributed by atoms with Crippen LogP contribution in [0.5, 0.6) is 0 Å². The minimum atomic E-state index is -3.68. The van der Waals surface area contributed by atoms with Gasteiger partial charge in [-0.1, -0.05) is 25.0 Å². The molecule has 2 N–H and O–H groups in total. The Kier molecular flexibility index (Phi) is 4.73. The van der Waals surface area contributed by atoms with Gasteiger partial charge in [-0.05, 0) is 49.3 Å². The highest BCUT2D eigenvalue weighted by Gasteiger charge is 2.35. The van der Waals surface area contributed by atoms with Gasteiger partial charge in [0.15, 0.2) is 0 Å². The summed E-state index contributed by atoms with van der Waals surface area (Å²) in [6, 6.07) is 6.71. The third-order valence-electron chi connectivity index (χ3n) is 5.17. The van der Waals surface area contributed by atoms with E-state index in [4.69, 9.17) is 5.14 Å². The summed E-state index contributed by atoms with van der Waals surface area (Å²) in [6.45, 7) is 0.856. The number of nitrogens with two attached hydrogens (primary N) is 1. The van der Waals surface area contributed by atoms with Gasteiger partial charge in [0.1, 0.15) is 0 Å². The minimum Gasteiger partial charge on any atom is -0.339 e. The van der Waals surface area contributed by atoms with Gasteiger partial charge in [-0.2, -0.15) is 0 Å². The van der Waals surface area contributed by atoms with Crippen molar-refractivity contribution in [3.8, 4) is 0 Å². The van der Waals surface area contributed by atoms with Crippen LogP contribution >= 0.6 is 0 Å². The summed E-state index contributed by atoms with van der Waals surface area (Å²) in [5.41, 5.74) is 0.833. The maximum absolute atomic E-state index is 12.6. The van der Waals surface area contributed by atoms with Crippen LogP contribution in [0.25, 0.3) is 0 Å². The molecule has 0 aromatic heterocycles. The Balaban J connectivity index is 1.66.